The Labute approximate surface area is 308 Å². The van der Waals surface area contributed by atoms with E-state index in [-0.39, 0.29) is 6.71 Å². The zero-order chi connectivity index (χ0) is 34.6. The summed E-state index contributed by atoms with van der Waals surface area (Å²) in [4.78, 5) is 5.16. The van der Waals surface area contributed by atoms with Gasteiger partial charge in [0, 0.05) is 34.1 Å². The Balaban J connectivity index is 1.29. The second kappa shape index (κ2) is 12.8. The van der Waals surface area contributed by atoms with Crippen LogP contribution >= 0.6 is 0 Å². The van der Waals surface area contributed by atoms with Crippen molar-refractivity contribution < 1.29 is 0 Å². The van der Waals surface area contributed by atoms with Gasteiger partial charge in [-0.2, -0.15) is 0 Å². The largest absolute Gasteiger partial charge is 0.311 e. The summed E-state index contributed by atoms with van der Waals surface area (Å²) in [5, 5.41) is 0. The first-order valence-corrected chi connectivity index (χ1v) is 19.0. The second-order valence-electron chi connectivity index (χ2n) is 14.9. The molecule has 3 aliphatic rings. The molecule has 0 N–H and O–H groups in total. The maximum absolute atomic E-state index is 2.60. The maximum Gasteiger partial charge on any atom is 0.252 e. The van der Waals surface area contributed by atoms with Gasteiger partial charge in [0.15, 0.2) is 0 Å². The van der Waals surface area contributed by atoms with E-state index >= 15 is 0 Å². The fourth-order valence-corrected chi connectivity index (χ4v) is 9.25. The molecule has 0 bridgehead atoms. The number of rotatable bonds is 5. The minimum atomic E-state index is 0.126. The molecule has 0 aromatic heterocycles. The molecular formula is C49H41BN2. The van der Waals surface area contributed by atoms with Gasteiger partial charge >= 0.3 is 0 Å². The van der Waals surface area contributed by atoms with Crippen molar-refractivity contribution in [2.75, 3.05) is 9.80 Å². The molecule has 0 saturated heterocycles. The van der Waals surface area contributed by atoms with E-state index in [0.717, 1.165) is 0 Å². The zero-order valence-electron chi connectivity index (χ0n) is 29.7. The van der Waals surface area contributed by atoms with Gasteiger partial charge < -0.3 is 9.80 Å². The Morgan fingerprint density at radius 1 is 0.442 bits per heavy atom. The number of fused-ring (bicyclic) bond motifs is 4. The first-order valence-electron chi connectivity index (χ1n) is 19.0. The number of hydrogen-bond donors (Lipinski definition) is 0. The smallest absolute Gasteiger partial charge is 0.252 e. The van der Waals surface area contributed by atoms with Gasteiger partial charge in [0.1, 0.15) is 0 Å². The molecular weight excluding hydrogens is 627 g/mol. The molecule has 2 nitrogen and oxygen atoms in total. The molecule has 0 unspecified atom stereocenters. The van der Waals surface area contributed by atoms with E-state index in [1.165, 1.54) is 116 Å². The quantitative estimate of drug-likeness (QED) is 0.168. The summed E-state index contributed by atoms with van der Waals surface area (Å²) in [7, 11) is 0. The van der Waals surface area contributed by atoms with Gasteiger partial charge in [0.2, 0.25) is 0 Å². The first-order chi connectivity index (χ1) is 25.7. The van der Waals surface area contributed by atoms with Crippen LogP contribution < -0.4 is 26.2 Å². The Morgan fingerprint density at radius 2 is 0.981 bits per heavy atom. The number of hydrogen-bond acceptors (Lipinski definition) is 2. The van der Waals surface area contributed by atoms with Crippen molar-refractivity contribution in [1.29, 1.82) is 0 Å². The van der Waals surface area contributed by atoms with Gasteiger partial charge in [-0.05, 0) is 130 Å². The fourth-order valence-electron chi connectivity index (χ4n) is 9.25. The molecule has 0 atom stereocenters. The topological polar surface area (TPSA) is 6.48 Å². The third-order valence-corrected chi connectivity index (χ3v) is 11.6. The van der Waals surface area contributed by atoms with Gasteiger partial charge in [-0.1, -0.05) is 128 Å². The number of nitrogens with zero attached hydrogens (tertiary/aromatic N) is 2. The maximum atomic E-state index is 2.60. The van der Waals surface area contributed by atoms with Gasteiger partial charge in [-0.15, -0.1) is 0 Å². The first kappa shape index (κ1) is 31.0. The van der Waals surface area contributed by atoms with E-state index in [1.54, 1.807) is 0 Å². The summed E-state index contributed by atoms with van der Waals surface area (Å²) in [5.41, 5.74) is 19.3. The van der Waals surface area contributed by atoms with Crippen molar-refractivity contribution in [3.63, 3.8) is 0 Å². The highest BCUT2D eigenvalue weighted by Gasteiger charge is 2.43. The molecule has 10 rings (SSSR count). The highest BCUT2D eigenvalue weighted by molar-refractivity contribution is 7.00. The van der Waals surface area contributed by atoms with Crippen LogP contribution in [0, 0.1) is 6.92 Å². The zero-order valence-corrected chi connectivity index (χ0v) is 29.7. The highest BCUT2D eigenvalue weighted by Crippen LogP contribution is 2.47. The molecule has 0 spiro atoms. The summed E-state index contributed by atoms with van der Waals surface area (Å²) in [6.45, 7) is 2.33. The van der Waals surface area contributed by atoms with E-state index < -0.39 is 0 Å². The van der Waals surface area contributed by atoms with Crippen LogP contribution in [-0.2, 0) is 0 Å². The average Bonchev–Trinajstić information content (AvgIpc) is 3.21. The molecule has 0 amide bonds. The molecule has 1 saturated carbocycles. The fraction of sp³-hybridized carbons (Fsp3) is 0.143. The summed E-state index contributed by atoms with van der Waals surface area (Å²) in [6, 6.07) is 61.4. The number of aryl methyl sites for hydroxylation is 1. The lowest BCUT2D eigenvalue weighted by molar-refractivity contribution is 0.444. The summed E-state index contributed by atoms with van der Waals surface area (Å²) < 4.78 is 0. The van der Waals surface area contributed by atoms with E-state index in [4.69, 9.17) is 0 Å². The van der Waals surface area contributed by atoms with Crippen LogP contribution in [-0.4, -0.2) is 6.71 Å². The van der Waals surface area contributed by atoms with Crippen LogP contribution in [0.15, 0.2) is 164 Å². The van der Waals surface area contributed by atoms with Crippen LogP contribution in [0.25, 0.3) is 22.3 Å². The van der Waals surface area contributed by atoms with Crippen molar-refractivity contribution in [1.82, 2.24) is 0 Å². The normalized spacial score (nSPS) is 14.8. The van der Waals surface area contributed by atoms with E-state index in [1.807, 2.05) is 0 Å². The minimum absolute atomic E-state index is 0.126. The highest BCUT2D eigenvalue weighted by atomic mass is 15.2. The van der Waals surface area contributed by atoms with Crippen LogP contribution in [0.4, 0.5) is 34.1 Å². The molecule has 7 aromatic rings. The van der Waals surface area contributed by atoms with Crippen molar-refractivity contribution >= 4 is 57.2 Å². The molecule has 52 heavy (non-hydrogen) atoms. The second-order valence-corrected chi connectivity index (χ2v) is 14.9. The molecule has 3 heteroatoms. The van der Waals surface area contributed by atoms with Crippen LogP contribution in [0.2, 0.25) is 0 Å². The Kier molecular flexibility index (Phi) is 7.60. The Morgan fingerprint density at radius 3 is 1.56 bits per heavy atom. The van der Waals surface area contributed by atoms with Gasteiger partial charge in [0.05, 0.1) is 0 Å². The summed E-state index contributed by atoms with van der Waals surface area (Å²) >= 11 is 0. The molecule has 1 fully saturated rings. The third kappa shape index (κ3) is 5.18. The van der Waals surface area contributed by atoms with Gasteiger partial charge in [0.25, 0.3) is 6.71 Å². The van der Waals surface area contributed by atoms with E-state index in [9.17, 15) is 0 Å². The lowest BCUT2D eigenvalue weighted by Gasteiger charge is -2.45. The predicted molar refractivity (Wildman–Crippen MR) is 222 cm³/mol. The SMILES string of the molecule is Cc1cccc(N2c3ccccc3B3c4ccccc4N(c4cc(-c5ccccc5)cc(-c5ccccc5)c4)c4cc(C5CCCCC5)cc2c43)c1. The molecule has 2 heterocycles. The minimum Gasteiger partial charge on any atom is -0.311 e. The van der Waals surface area contributed by atoms with Crippen LogP contribution in [0.3, 0.4) is 0 Å². The molecule has 1 aliphatic carbocycles. The molecule has 7 aromatic carbocycles. The third-order valence-electron chi connectivity index (χ3n) is 11.6. The van der Waals surface area contributed by atoms with Crippen molar-refractivity contribution in [3.8, 4) is 22.3 Å². The van der Waals surface area contributed by atoms with Gasteiger partial charge in [-0.3, -0.25) is 0 Å². The Hall–Kier alpha value is -5.80. The molecule has 2 aliphatic heterocycles. The van der Waals surface area contributed by atoms with E-state index in [0.29, 0.717) is 5.92 Å². The van der Waals surface area contributed by atoms with Crippen molar-refractivity contribution in [2.24, 2.45) is 0 Å². The summed E-state index contributed by atoms with van der Waals surface area (Å²) in [5.74, 6) is 0.555. The number of para-hydroxylation sites is 2. The number of anilines is 6. The van der Waals surface area contributed by atoms with Gasteiger partial charge in [-0.25, -0.2) is 0 Å². The number of benzene rings is 7. The monoisotopic (exact) mass is 668 g/mol. The molecule has 0 radical (unpaired) electrons. The summed E-state index contributed by atoms with van der Waals surface area (Å²) in [6.07, 6.45) is 6.45. The Bertz CT molecular complexity index is 2370. The lowest BCUT2D eigenvalue weighted by Crippen LogP contribution is -2.61. The standard InChI is InChI=1S/C49H41BN2/c1-34-16-15-23-41(28-34)51-45-26-13-11-24-43(45)50-44-25-12-14-27-46(44)52(48-33-40(32-47(51)49(48)50)37-21-9-4-10-22-37)42-30-38(35-17-5-2-6-18-35)29-39(31-42)36-19-7-3-8-20-36/h2-3,5-8,11-20,23-33,37H,4,9-10,21-22H2,1H3. The van der Waals surface area contributed by atoms with Crippen molar-refractivity contribution in [2.45, 2.75) is 44.9 Å². The predicted octanol–water partition coefficient (Wildman–Crippen LogP) is 11.5. The van der Waals surface area contributed by atoms with E-state index in [2.05, 4.69) is 181 Å². The van der Waals surface area contributed by atoms with Crippen LogP contribution in [0.1, 0.15) is 49.1 Å². The average molecular weight is 669 g/mol. The van der Waals surface area contributed by atoms with Crippen LogP contribution in [0.5, 0.6) is 0 Å². The molecule has 250 valence electrons. The van der Waals surface area contributed by atoms with Crippen molar-refractivity contribution in [3.05, 3.63) is 175 Å². The lowest BCUT2D eigenvalue weighted by atomic mass is 9.33.